The van der Waals surface area contributed by atoms with Crippen LogP contribution in [0.3, 0.4) is 0 Å². The molecule has 3 aromatic rings. The first kappa shape index (κ1) is 12.9. The third-order valence-electron chi connectivity index (χ3n) is 2.82. The molecule has 1 aromatic heterocycles. The van der Waals surface area contributed by atoms with E-state index in [4.69, 9.17) is 4.42 Å². The van der Waals surface area contributed by atoms with Gasteiger partial charge in [0, 0.05) is 9.86 Å². The topological polar surface area (TPSA) is 42.2 Å². The van der Waals surface area contributed by atoms with Crippen LogP contribution in [-0.4, -0.2) is 5.91 Å². The van der Waals surface area contributed by atoms with Crippen LogP contribution in [0.15, 0.2) is 57.4 Å². The number of amides is 1. The Bertz CT molecular complexity index is 797. The number of carbonyl (C=O) groups excluding carboxylic acids is 1. The standard InChI is InChI=1S/C15H9BrFNO2/c16-10-5-6-13-9(7-10)8-14(20-13)15(19)18-12-4-2-1-3-11(12)17/h1-8H,(H,18,19). The number of fused-ring (bicyclic) bond motifs is 1. The van der Waals surface area contributed by atoms with Gasteiger partial charge in [-0.25, -0.2) is 4.39 Å². The van der Waals surface area contributed by atoms with E-state index >= 15 is 0 Å². The minimum atomic E-state index is -0.486. The molecule has 0 aliphatic rings. The Labute approximate surface area is 122 Å². The second kappa shape index (κ2) is 5.09. The minimum Gasteiger partial charge on any atom is -0.451 e. The van der Waals surface area contributed by atoms with Gasteiger partial charge < -0.3 is 9.73 Å². The number of halogens is 2. The van der Waals surface area contributed by atoms with Crippen molar-refractivity contribution in [3.05, 3.63) is 64.6 Å². The van der Waals surface area contributed by atoms with Crippen LogP contribution < -0.4 is 5.32 Å². The Morgan fingerprint density at radius 3 is 2.75 bits per heavy atom. The summed E-state index contributed by atoms with van der Waals surface area (Å²) in [5.74, 6) is -0.830. The molecule has 0 atom stereocenters. The number of furan rings is 1. The van der Waals surface area contributed by atoms with E-state index in [9.17, 15) is 9.18 Å². The highest BCUT2D eigenvalue weighted by atomic mass is 79.9. The molecule has 3 nitrogen and oxygen atoms in total. The Balaban J connectivity index is 1.91. The zero-order chi connectivity index (χ0) is 14.1. The van der Waals surface area contributed by atoms with Crippen LogP contribution in [0.2, 0.25) is 0 Å². The Hall–Kier alpha value is -2.14. The highest BCUT2D eigenvalue weighted by Crippen LogP contribution is 2.24. The second-order valence-electron chi connectivity index (χ2n) is 4.23. The summed E-state index contributed by atoms with van der Waals surface area (Å²) in [5.41, 5.74) is 0.728. The molecule has 3 rings (SSSR count). The molecule has 0 aliphatic carbocycles. The van der Waals surface area contributed by atoms with E-state index in [-0.39, 0.29) is 11.4 Å². The molecule has 0 bridgehead atoms. The largest absolute Gasteiger partial charge is 0.451 e. The summed E-state index contributed by atoms with van der Waals surface area (Å²) in [6.45, 7) is 0. The van der Waals surface area contributed by atoms with Gasteiger partial charge in [0.2, 0.25) is 0 Å². The molecule has 1 N–H and O–H groups in total. The van der Waals surface area contributed by atoms with Gasteiger partial charge in [0.1, 0.15) is 11.4 Å². The molecular formula is C15H9BrFNO2. The lowest BCUT2D eigenvalue weighted by atomic mass is 10.2. The summed E-state index contributed by atoms with van der Waals surface area (Å²) in [4.78, 5) is 12.0. The van der Waals surface area contributed by atoms with Gasteiger partial charge in [-0.3, -0.25) is 4.79 Å². The van der Waals surface area contributed by atoms with Gasteiger partial charge in [0.15, 0.2) is 5.76 Å². The van der Waals surface area contributed by atoms with Gasteiger partial charge in [-0.15, -0.1) is 0 Å². The van der Waals surface area contributed by atoms with Crippen molar-refractivity contribution in [2.24, 2.45) is 0 Å². The number of anilines is 1. The first-order chi connectivity index (χ1) is 9.63. The normalized spacial score (nSPS) is 10.7. The van der Waals surface area contributed by atoms with Crippen molar-refractivity contribution in [3.8, 4) is 0 Å². The maximum absolute atomic E-state index is 13.5. The summed E-state index contributed by atoms with van der Waals surface area (Å²) in [7, 11) is 0. The molecule has 0 fully saturated rings. The molecule has 1 heterocycles. The molecule has 0 unspecified atom stereocenters. The maximum Gasteiger partial charge on any atom is 0.291 e. The van der Waals surface area contributed by atoms with E-state index in [1.54, 1.807) is 24.3 Å². The number of benzene rings is 2. The third kappa shape index (κ3) is 2.44. The van der Waals surface area contributed by atoms with E-state index in [1.165, 1.54) is 12.1 Å². The van der Waals surface area contributed by atoms with Crippen LogP contribution >= 0.6 is 15.9 Å². The number of para-hydroxylation sites is 1. The molecule has 5 heteroatoms. The summed E-state index contributed by atoms with van der Waals surface area (Å²) in [6, 6.07) is 13.0. The number of hydrogen-bond donors (Lipinski definition) is 1. The molecule has 100 valence electrons. The molecule has 0 aliphatic heterocycles. The van der Waals surface area contributed by atoms with Crippen molar-refractivity contribution >= 4 is 38.5 Å². The Morgan fingerprint density at radius 2 is 1.95 bits per heavy atom. The van der Waals surface area contributed by atoms with Crippen LogP contribution in [0, 0.1) is 5.82 Å². The number of carbonyl (C=O) groups is 1. The summed E-state index contributed by atoms with van der Waals surface area (Å²) in [5, 5.41) is 3.29. The number of hydrogen-bond acceptors (Lipinski definition) is 2. The van der Waals surface area contributed by atoms with Crippen molar-refractivity contribution in [3.63, 3.8) is 0 Å². The fraction of sp³-hybridized carbons (Fsp3) is 0. The lowest BCUT2D eigenvalue weighted by Crippen LogP contribution is -2.11. The fourth-order valence-corrected chi connectivity index (χ4v) is 2.25. The average molecular weight is 334 g/mol. The lowest BCUT2D eigenvalue weighted by Gasteiger charge is -2.03. The Morgan fingerprint density at radius 1 is 1.15 bits per heavy atom. The average Bonchev–Trinajstić information content (AvgIpc) is 2.84. The lowest BCUT2D eigenvalue weighted by molar-refractivity contribution is 0.0998. The van der Waals surface area contributed by atoms with E-state index in [0.717, 1.165) is 9.86 Å². The van der Waals surface area contributed by atoms with Crippen molar-refractivity contribution in [1.29, 1.82) is 0 Å². The predicted octanol–water partition coefficient (Wildman–Crippen LogP) is 4.59. The van der Waals surface area contributed by atoms with Crippen molar-refractivity contribution in [2.45, 2.75) is 0 Å². The summed E-state index contributed by atoms with van der Waals surface area (Å²) >= 11 is 3.35. The molecule has 20 heavy (non-hydrogen) atoms. The quantitative estimate of drug-likeness (QED) is 0.745. The van der Waals surface area contributed by atoms with Crippen LogP contribution in [0.1, 0.15) is 10.6 Å². The SMILES string of the molecule is O=C(Nc1ccccc1F)c1cc2cc(Br)ccc2o1. The predicted molar refractivity (Wildman–Crippen MR) is 78.3 cm³/mol. The summed E-state index contributed by atoms with van der Waals surface area (Å²) < 4.78 is 19.8. The molecule has 0 saturated heterocycles. The third-order valence-corrected chi connectivity index (χ3v) is 3.32. The Kier molecular flexibility index (Phi) is 3.28. The minimum absolute atomic E-state index is 0.124. The van der Waals surface area contributed by atoms with Gasteiger partial charge in [-0.2, -0.15) is 0 Å². The molecule has 0 saturated carbocycles. The van der Waals surface area contributed by atoms with E-state index in [0.29, 0.717) is 5.58 Å². The summed E-state index contributed by atoms with van der Waals surface area (Å²) in [6.07, 6.45) is 0. The highest BCUT2D eigenvalue weighted by Gasteiger charge is 2.14. The van der Waals surface area contributed by atoms with Gasteiger partial charge in [0.25, 0.3) is 5.91 Å². The smallest absolute Gasteiger partial charge is 0.291 e. The molecule has 0 spiro atoms. The van der Waals surface area contributed by atoms with Crippen LogP contribution in [0.4, 0.5) is 10.1 Å². The number of nitrogens with one attached hydrogen (secondary N) is 1. The van der Waals surface area contributed by atoms with Gasteiger partial charge >= 0.3 is 0 Å². The molecule has 1 amide bonds. The highest BCUT2D eigenvalue weighted by molar-refractivity contribution is 9.10. The van der Waals surface area contributed by atoms with Gasteiger partial charge in [-0.05, 0) is 36.4 Å². The first-order valence-electron chi connectivity index (χ1n) is 5.88. The van der Waals surface area contributed by atoms with Crippen LogP contribution in [0.5, 0.6) is 0 Å². The molecule has 2 aromatic carbocycles. The van der Waals surface area contributed by atoms with Crippen LogP contribution in [0.25, 0.3) is 11.0 Å². The fourth-order valence-electron chi connectivity index (χ4n) is 1.87. The zero-order valence-corrected chi connectivity index (χ0v) is 11.8. The molecular weight excluding hydrogens is 325 g/mol. The van der Waals surface area contributed by atoms with Gasteiger partial charge in [0.05, 0.1) is 5.69 Å². The van der Waals surface area contributed by atoms with Crippen molar-refractivity contribution < 1.29 is 13.6 Å². The van der Waals surface area contributed by atoms with Crippen molar-refractivity contribution in [2.75, 3.05) is 5.32 Å². The van der Waals surface area contributed by atoms with Gasteiger partial charge in [-0.1, -0.05) is 28.1 Å². The van der Waals surface area contributed by atoms with Crippen molar-refractivity contribution in [1.82, 2.24) is 0 Å². The zero-order valence-electron chi connectivity index (χ0n) is 10.2. The second-order valence-corrected chi connectivity index (χ2v) is 5.14. The van der Waals surface area contributed by atoms with E-state index < -0.39 is 11.7 Å². The monoisotopic (exact) mass is 333 g/mol. The van der Waals surface area contributed by atoms with Crippen LogP contribution in [-0.2, 0) is 0 Å². The first-order valence-corrected chi connectivity index (χ1v) is 6.68. The molecule has 0 radical (unpaired) electrons. The van der Waals surface area contributed by atoms with E-state index in [2.05, 4.69) is 21.2 Å². The number of rotatable bonds is 2. The van der Waals surface area contributed by atoms with E-state index in [1.807, 2.05) is 12.1 Å². The maximum atomic E-state index is 13.5.